The van der Waals surface area contributed by atoms with Crippen LogP contribution in [0.1, 0.15) is 16.1 Å². The van der Waals surface area contributed by atoms with Crippen LogP contribution in [0.3, 0.4) is 0 Å². The van der Waals surface area contributed by atoms with E-state index in [4.69, 9.17) is 12.2 Å². The van der Waals surface area contributed by atoms with Crippen LogP contribution in [0.4, 0.5) is 5.69 Å². The molecule has 0 aliphatic heterocycles. The van der Waals surface area contributed by atoms with Crippen LogP contribution in [0.15, 0.2) is 24.3 Å². The summed E-state index contributed by atoms with van der Waals surface area (Å²) in [7, 11) is 0. The molecule has 2 aromatic rings. The van der Waals surface area contributed by atoms with Crippen LogP contribution in [0.5, 0.6) is 0 Å². The number of aryl methyl sites for hydroxylation is 1. The number of benzene rings is 1. The molecule has 1 amide bonds. The van der Waals surface area contributed by atoms with Gasteiger partial charge in [-0.2, -0.15) is 5.10 Å². The maximum atomic E-state index is 11.7. The molecule has 1 aromatic carbocycles. The molecule has 0 spiro atoms. The van der Waals surface area contributed by atoms with E-state index < -0.39 is 0 Å². The molecule has 1 aromatic heterocycles. The molecule has 0 bridgehead atoms. The van der Waals surface area contributed by atoms with Gasteiger partial charge >= 0.3 is 0 Å². The first-order valence-electron chi connectivity index (χ1n) is 4.68. The lowest BCUT2D eigenvalue weighted by Gasteiger charge is -2.02. The van der Waals surface area contributed by atoms with Crippen molar-refractivity contribution in [3.63, 3.8) is 0 Å². The average molecular weight is 234 g/mol. The van der Waals surface area contributed by atoms with E-state index in [2.05, 4.69) is 20.7 Å². The Kier molecular flexibility index (Phi) is 2.82. The summed E-state index contributed by atoms with van der Waals surface area (Å²) in [6, 6.07) is 7.49. The van der Waals surface area contributed by atoms with Gasteiger partial charge in [-0.25, -0.2) is 5.21 Å². The molecular formula is C10H10N4OS. The van der Waals surface area contributed by atoms with Gasteiger partial charge in [-0.3, -0.25) is 9.89 Å². The highest BCUT2D eigenvalue weighted by molar-refractivity contribution is 7.71. The summed E-state index contributed by atoms with van der Waals surface area (Å²) >= 11 is 4.89. The predicted molar refractivity (Wildman–Crippen MR) is 62.9 cm³/mol. The van der Waals surface area contributed by atoms with E-state index in [1.54, 1.807) is 0 Å². The predicted octanol–water partition coefficient (Wildman–Crippen LogP) is 2.03. The Hall–Kier alpha value is -1.95. The molecule has 1 heterocycles. The molecular weight excluding hydrogens is 224 g/mol. The van der Waals surface area contributed by atoms with Crippen molar-refractivity contribution in [1.29, 1.82) is 0 Å². The number of carbonyl (C=O) groups is 1. The summed E-state index contributed by atoms with van der Waals surface area (Å²) in [6.45, 7) is 1.98. The van der Waals surface area contributed by atoms with Crippen LogP contribution in [-0.2, 0) is 0 Å². The molecule has 0 fully saturated rings. The maximum absolute atomic E-state index is 11.7. The molecule has 0 saturated heterocycles. The van der Waals surface area contributed by atoms with Gasteiger partial charge in [-0.1, -0.05) is 29.9 Å². The summed E-state index contributed by atoms with van der Waals surface area (Å²) in [4.78, 5) is 11.7. The van der Waals surface area contributed by atoms with Crippen LogP contribution in [0.25, 0.3) is 0 Å². The number of anilines is 1. The highest BCUT2D eigenvalue weighted by atomic mass is 32.1. The number of aromatic nitrogens is 3. The van der Waals surface area contributed by atoms with Crippen molar-refractivity contribution >= 4 is 23.8 Å². The van der Waals surface area contributed by atoms with Gasteiger partial charge in [-0.15, -0.1) is 0 Å². The van der Waals surface area contributed by atoms with Crippen molar-refractivity contribution in [3.8, 4) is 0 Å². The zero-order chi connectivity index (χ0) is 11.5. The SMILES string of the molecule is Cc1ccc(NC(=O)c2n[nH][nH]c2=S)cc1. The Labute approximate surface area is 96.9 Å². The van der Waals surface area contributed by atoms with Gasteiger partial charge in [0.15, 0.2) is 10.3 Å². The Morgan fingerprint density at radius 1 is 1.38 bits per heavy atom. The largest absolute Gasteiger partial charge is 0.321 e. The zero-order valence-electron chi connectivity index (χ0n) is 8.57. The second-order valence-electron chi connectivity index (χ2n) is 3.35. The van der Waals surface area contributed by atoms with E-state index in [9.17, 15) is 4.79 Å². The van der Waals surface area contributed by atoms with E-state index in [0.29, 0.717) is 10.3 Å². The summed E-state index contributed by atoms with van der Waals surface area (Å²) in [5.74, 6) is -0.327. The second kappa shape index (κ2) is 4.28. The minimum atomic E-state index is -0.327. The van der Waals surface area contributed by atoms with E-state index in [1.165, 1.54) is 0 Å². The van der Waals surface area contributed by atoms with Crippen molar-refractivity contribution in [3.05, 3.63) is 40.2 Å². The van der Waals surface area contributed by atoms with Gasteiger partial charge in [-0.05, 0) is 19.1 Å². The summed E-state index contributed by atoms with van der Waals surface area (Å²) in [6.07, 6.45) is 0. The lowest BCUT2D eigenvalue weighted by atomic mass is 10.2. The topological polar surface area (TPSA) is 73.6 Å². The van der Waals surface area contributed by atoms with Gasteiger partial charge < -0.3 is 5.32 Å². The third-order valence-electron chi connectivity index (χ3n) is 2.08. The third kappa shape index (κ3) is 2.17. The van der Waals surface area contributed by atoms with E-state index in [1.807, 2.05) is 31.2 Å². The fourth-order valence-corrected chi connectivity index (χ4v) is 1.41. The molecule has 5 nitrogen and oxygen atoms in total. The molecule has 0 unspecified atom stereocenters. The standard InChI is InChI=1S/C10H10N4OS/c1-6-2-4-7(5-3-6)11-9(15)8-10(16)13-14-12-8/h2-5H,1H3,(H,11,15)(H2,12,13,14,16). The van der Waals surface area contributed by atoms with Gasteiger partial charge in [0.1, 0.15) is 0 Å². The van der Waals surface area contributed by atoms with E-state index in [-0.39, 0.29) is 11.6 Å². The van der Waals surface area contributed by atoms with Crippen LogP contribution in [-0.4, -0.2) is 21.3 Å². The van der Waals surface area contributed by atoms with Gasteiger partial charge in [0, 0.05) is 5.69 Å². The Morgan fingerprint density at radius 3 is 2.62 bits per heavy atom. The van der Waals surface area contributed by atoms with Gasteiger partial charge in [0.2, 0.25) is 0 Å². The number of amides is 1. The minimum absolute atomic E-state index is 0.190. The monoisotopic (exact) mass is 234 g/mol. The number of hydrogen-bond acceptors (Lipinski definition) is 3. The first-order chi connectivity index (χ1) is 7.66. The normalized spacial score (nSPS) is 10.1. The van der Waals surface area contributed by atoms with Crippen LogP contribution >= 0.6 is 12.2 Å². The summed E-state index contributed by atoms with van der Waals surface area (Å²) in [5, 5.41) is 11.4. The Balaban J connectivity index is 2.17. The van der Waals surface area contributed by atoms with Crippen molar-refractivity contribution < 1.29 is 4.79 Å². The molecule has 6 heteroatoms. The Bertz CT molecular complexity index is 555. The quantitative estimate of drug-likeness (QED) is 0.696. The van der Waals surface area contributed by atoms with Gasteiger partial charge in [0.25, 0.3) is 5.91 Å². The molecule has 0 radical (unpaired) electrons. The van der Waals surface area contributed by atoms with Crippen molar-refractivity contribution in [1.82, 2.24) is 15.4 Å². The van der Waals surface area contributed by atoms with E-state index in [0.717, 1.165) is 5.56 Å². The van der Waals surface area contributed by atoms with Gasteiger partial charge in [0.05, 0.1) is 0 Å². The lowest BCUT2D eigenvalue weighted by molar-refractivity contribution is 0.102. The average Bonchev–Trinajstić information content (AvgIpc) is 2.68. The molecule has 3 N–H and O–H groups in total. The number of hydrogen-bond donors (Lipinski definition) is 3. The lowest BCUT2D eigenvalue weighted by Crippen LogP contribution is -2.12. The first kappa shape index (κ1) is 10.6. The zero-order valence-corrected chi connectivity index (χ0v) is 9.39. The Morgan fingerprint density at radius 2 is 2.06 bits per heavy atom. The van der Waals surface area contributed by atoms with Crippen molar-refractivity contribution in [2.24, 2.45) is 0 Å². The fraction of sp³-hybridized carbons (Fsp3) is 0.100. The van der Waals surface area contributed by atoms with Crippen LogP contribution in [0.2, 0.25) is 0 Å². The molecule has 0 saturated carbocycles. The van der Waals surface area contributed by atoms with E-state index >= 15 is 0 Å². The first-order valence-corrected chi connectivity index (χ1v) is 5.09. The summed E-state index contributed by atoms with van der Waals surface area (Å²) < 4.78 is 0.296. The molecule has 2 rings (SSSR count). The molecule has 16 heavy (non-hydrogen) atoms. The number of nitrogens with zero attached hydrogens (tertiary/aromatic N) is 1. The van der Waals surface area contributed by atoms with Crippen molar-refractivity contribution in [2.45, 2.75) is 6.92 Å². The molecule has 82 valence electrons. The highest BCUT2D eigenvalue weighted by Crippen LogP contribution is 2.09. The van der Waals surface area contributed by atoms with Crippen LogP contribution in [0, 0.1) is 11.6 Å². The van der Waals surface area contributed by atoms with Crippen LogP contribution < -0.4 is 5.32 Å². The molecule has 0 aliphatic rings. The second-order valence-corrected chi connectivity index (χ2v) is 3.75. The van der Waals surface area contributed by atoms with Crippen molar-refractivity contribution in [2.75, 3.05) is 5.32 Å². The summed E-state index contributed by atoms with van der Waals surface area (Å²) in [5.41, 5.74) is 2.04. The molecule has 0 aliphatic carbocycles. The number of aromatic amines is 2. The highest BCUT2D eigenvalue weighted by Gasteiger charge is 2.10. The number of nitrogens with one attached hydrogen (secondary N) is 3. The smallest absolute Gasteiger partial charge is 0.279 e. The fourth-order valence-electron chi connectivity index (χ4n) is 1.23. The number of rotatable bonds is 2. The maximum Gasteiger partial charge on any atom is 0.279 e. The number of H-pyrrole nitrogens is 2. The third-order valence-corrected chi connectivity index (χ3v) is 2.37. The number of carbonyl (C=O) groups excluding carboxylic acids is 1. The molecule has 0 atom stereocenters. The minimum Gasteiger partial charge on any atom is -0.321 e.